The zero-order valence-corrected chi connectivity index (χ0v) is 15.8. The molecule has 0 aliphatic rings. The van der Waals surface area contributed by atoms with Crippen LogP contribution in [0.15, 0.2) is 28.7 Å². The summed E-state index contributed by atoms with van der Waals surface area (Å²) in [6.07, 6.45) is -0.561. The second-order valence-electron chi connectivity index (χ2n) is 6.52. The van der Waals surface area contributed by atoms with Gasteiger partial charge in [-0.1, -0.05) is 28.1 Å². The van der Waals surface area contributed by atoms with E-state index < -0.39 is 23.7 Å². The Hall–Kier alpha value is -1.56. The predicted octanol–water partition coefficient (Wildman–Crippen LogP) is 3.84. The largest absolute Gasteiger partial charge is 0.461 e. The Bertz CT molecular complexity index is 535. The van der Waals surface area contributed by atoms with Crippen LogP contribution in [-0.4, -0.2) is 29.8 Å². The SMILES string of the molecule is CC(C)OC(=O)[C@H](Cc1ccc(Br)cc1)NC(=O)OC(C)(C)C. The molecule has 1 N–H and O–H groups in total. The third kappa shape index (κ3) is 8.02. The highest BCUT2D eigenvalue weighted by Crippen LogP contribution is 2.13. The van der Waals surface area contributed by atoms with Gasteiger partial charge in [-0.3, -0.25) is 0 Å². The van der Waals surface area contributed by atoms with Crippen molar-refractivity contribution in [2.24, 2.45) is 0 Å². The normalized spacial score (nSPS) is 12.7. The minimum absolute atomic E-state index is 0.254. The highest BCUT2D eigenvalue weighted by molar-refractivity contribution is 9.10. The fourth-order valence-corrected chi connectivity index (χ4v) is 2.08. The van der Waals surface area contributed by atoms with Crippen LogP contribution in [0.5, 0.6) is 0 Å². The summed E-state index contributed by atoms with van der Waals surface area (Å²) in [5.74, 6) is -0.478. The minimum Gasteiger partial charge on any atom is -0.461 e. The van der Waals surface area contributed by atoms with E-state index in [1.54, 1.807) is 34.6 Å². The third-order valence-corrected chi connectivity index (χ3v) is 3.21. The minimum atomic E-state index is -0.798. The van der Waals surface area contributed by atoms with E-state index in [9.17, 15) is 9.59 Å². The number of carbonyl (C=O) groups excluding carboxylic acids is 2. The van der Waals surface area contributed by atoms with E-state index in [-0.39, 0.29) is 6.10 Å². The van der Waals surface area contributed by atoms with Gasteiger partial charge in [0.15, 0.2) is 0 Å². The van der Waals surface area contributed by atoms with E-state index in [0.717, 1.165) is 10.0 Å². The van der Waals surface area contributed by atoms with Gasteiger partial charge in [-0.05, 0) is 52.3 Å². The van der Waals surface area contributed by atoms with E-state index in [0.29, 0.717) is 6.42 Å². The molecule has 1 aromatic rings. The van der Waals surface area contributed by atoms with Gasteiger partial charge in [-0.25, -0.2) is 9.59 Å². The molecular weight excluding hydrogens is 362 g/mol. The quantitative estimate of drug-likeness (QED) is 0.781. The lowest BCUT2D eigenvalue weighted by Gasteiger charge is -2.23. The number of amides is 1. The molecule has 0 fully saturated rings. The van der Waals surface area contributed by atoms with Gasteiger partial charge in [0.1, 0.15) is 11.6 Å². The maximum atomic E-state index is 12.2. The average molecular weight is 386 g/mol. The fraction of sp³-hybridized carbons (Fsp3) is 0.529. The molecule has 1 atom stereocenters. The fourth-order valence-electron chi connectivity index (χ4n) is 1.81. The van der Waals surface area contributed by atoms with Gasteiger partial charge >= 0.3 is 12.1 Å². The molecule has 128 valence electrons. The molecule has 23 heavy (non-hydrogen) atoms. The van der Waals surface area contributed by atoms with Crippen LogP contribution < -0.4 is 5.32 Å². The van der Waals surface area contributed by atoms with Crippen LogP contribution in [0, 0.1) is 0 Å². The maximum absolute atomic E-state index is 12.2. The summed E-state index contributed by atoms with van der Waals surface area (Å²) < 4.78 is 11.4. The Labute approximate surface area is 145 Å². The molecular formula is C17H24BrNO4. The lowest BCUT2D eigenvalue weighted by molar-refractivity contribution is -0.149. The van der Waals surface area contributed by atoms with Crippen LogP contribution in [0.4, 0.5) is 4.79 Å². The second-order valence-corrected chi connectivity index (χ2v) is 7.43. The number of halogens is 1. The first-order valence-electron chi connectivity index (χ1n) is 7.51. The van der Waals surface area contributed by atoms with Gasteiger partial charge in [0.05, 0.1) is 6.10 Å². The summed E-state index contributed by atoms with van der Waals surface area (Å²) in [4.78, 5) is 24.2. The Morgan fingerprint density at radius 3 is 2.22 bits per heavy atom. The van der Waals surface area contributed by atoms with E-state index in [1.165, 1.54) is 0 Å². The van der Waals surface area contributed by atoms with E-state index >= 15 is 0 Å². The molecule has 1 amide bonds. The molecule has 0 spiro atoms. The van der Waals surface area contributed by atoms with Crippen molar-refractivity contribution in [2.45, 2.75) is 58.8 Å². The number of rotatable bonds is 5. The van der Waals surface area contributed by atoms with Gasteiger partial charge in [0.2, 0.25) is 0 Å². The van der Waals surface area contributed by atoms with E-state index in [1.807, 2.05) is 24.3 Å². The number of hydrogen-bond acceptors (Lipinski definition) is 4. The van der Waals surface area contributed by atoms with Crippen LogP contribution in [0.2, 0.25) is 0 Å². The molecule has 0 radical (unpaired) electrons. The second kappa shape index (κ2) is 8.34. The van der Waals surface area contributed by atoms with Crippen molar-refractivity contribution >= 4 is 28.0 Å². The monoisotopic (exact) mass is 385 g/mol. The summed E-state index contributed by atoms with van der Waals surface area (Å²) in [6.45, 7) is 8.83. The molecule has 0 aromatic heterocycles. The number of esters is 1. The van der Waals surface area contributed by atoms with Crippen molar-refractivity contribution in [3.63, 3.8) is 0 Å². The molecule has 0 unspecified atom stereocenters. The zero-order valence-electron chi connectivity index (χ0n) is 14.2. The number of ether oxygens (including phenoxy) is 2. The number of nitrogens with one attached hydrogen (secondary N) is 1. The molecule has 0 saturated carbocycles. The molecule has 6 heteroatoms. The lowest BCUT2D eigenvalue weighted by atomic mass is 10.1. The van der Waals surface area contributed by atoms with Gasteiger partial charge in [0.25, 0.3) is 0 Å². The lowest BCUT2D eigenvalue weighted by Crippen LogP contribution is -2.46. The van der Waals surface area contributed by atoms with Crippen molar-refractivity contribution in [1.29, 1.82) is 0 Å². The first-order chi connectivity index (χ1) is 10.6. The Balaban J connectivity index is 2.82. The van der Waals surface area contributed by atoms with Crippen LogP contribution in [-0.2, 0) is 20.7 Å². The Kier molecular flexibility index (Phi) is 7.06. The van der Waals surface area contributed by atoms with Gasteiger partial charge in [0, 0.05) is 10.9 Å². The van der Waals surface area contributed by atoms with E-state index in [4.69, 9.17) is 9.47 Å². The first-order valence-corrected chi connectivity index (χ1v) is 8.30. The van der Waals surface area contributed by atoms with Gasteiger partial charge in [-0.2, -0.15) is 0 Å². The van der Waals surface area contributed by atoms with Crippen LogP contribution >= 0.6 is 15.9 Å². The van der Waals surface area contributed by atoms with Crippen molar-refractivity contribution < 1.29 is 19.1 Å². The number of benzene rings is 1. The van der Waals surface area contributed by atoms with Crippen molar-refractivity contribution in [3.05, 3.63) is 34.3 Å². The Morgan fingerprint density at radius 1 is 1.17 bits per heavy atom. The highest BCUT2D eigenvalue weighted by Gasteiger charge is 2.26. The Morgan fingerprint density at radius 2 is 1.74 bits per heavy atom. The van der Waals surface area contributed by atoms with E-state index in [2.05, 4.69) is 21.2 Å². The highest BCUT2D eigenvalue weighted by atomic mass is 79.9. The van der Waals surface area contributed by atoms with Gasteiger partial charge < -0.3 is 14.8 Å². The number of hydrogen-bond donors (Lipinski definition) is 1. The maximum Gasteiger partial charge on any atom is 0.408 e. The van der Waals surface area contributed by atoms with Gasteiger partial charge in [-0.15, -0.1) is 0 Å². The molecule has 0 aliphatic carbocycles. The third-order valence-electron chi connectivity index (χ3n) is 2.68. The van der Waals surface area contributed by atoms with Crippen molar-refractivity contribution in [3.8, 4) is 0 Å². The summed E-state index contributed by atoms with van der Waals surface area (Å²) in [5, 5.41) is 2.59. The van der Waals surface area contributed by atoms with Crippen LogP contribution in [0.3, 0.4) is 0 Å². The standard InChI is InChI=1S/C17H24BrNO4/c1-11(2)22-15(20)14(19-16(21)23-17(3,4)5)10-12-6-8-13(18)9-7-12/h6-9,11,14H,10H2,1-5H3,(H,19,21)/t14-/m0/s1. The summed E-state index contributed by atoms with van der Waals surface area (Å²) in [6, 6.07) is 6.74. The zero-order chi connectivity index (χ0) is 17.6. The average Bonchev–Trinajstić information content (AvgIpc) is 2.37. The summed E-state index contributed by atoms with van der Waals surface area (Å²) in [5.41, 5.74) is 0.281. The molecule has 0 aliphatic heterocycles. The smallest absolute Gasteiger partial charge is 0.408 e. The molecule has 0 saturated heterocycles. The van der Waals surface area contributed by atoms with Crippen LogP contribution in [0.1, 0.15) is 40.2 Å². The summed E-state index contributed by atoms with van der Waals surface area (Å²) >= 11 is 3.37. The molecule has 0 heterocycles. The molecule has 1 rings (SSSR count). The summed E-state index contributed by atoms with van der Waals surface area (Å²) in [7, 11) is 0. The first kappa shape index (κ1) is 19.5. The topological polar surface area (TPSA) is 64.6 Å². The van der Waals surface area contributed by atoms with Crippen molar-refractivity contribution in [1.82, 2.24) is 5.32 Å². The molecule has 5 nitrogen and oxygen atoms in total. The molecule has 1 aromatic carbocycles. The number of carbonyl (C=O) groups is 2. The molecule has 0 bridgehead atoms. The van der Waals surface area contributed by atoms with Crippen molar-refractivity contribution in [2.75, 3.05) is 0 Å². The predicted molar refractivity (Wildman–Crippen MR) is 92.2 cm³/mol. The van der Waals surface area contributed by atoms with Crippen LogP contribution in [0.25, 0.3) is 0 Å². The number of alkyl carbamates (subject to hydrolysis) is 1.